The number of hydrogen-bond acceptors (Lipinski definition) is 2. The van der Waals surface area contributed by atoms with E-state index >= 15 is 0 Å². The molecule has 0 bridgehead atoms. The van der Waals surface area contributed by atoms with Gasteiger partial charge in [0, 0.05) is 13.1 Å². The molecule has 1 atom stereocenters. The molecule has 1 fully saturated rings. The third kappa shape index (κ3) is 3.51. The Morgan fingerprint density at radius 1 is 1.45 bits per heavy atom. The molecular weight excluding hydrogens is 347 g/mol. The SMILES string of the molecule is Cc1cc(Br)c(F)cc1NS(=O)(=O)N1CCCC(C)C1. The van der Waals surface area contributed by atoms with Crippen LogP contribution in [0, 0.1) is 18.7 Å². The Hall–Kier alpha value is -0.660. The third-order valence-electron chi connectivity index (χ3n) is 3.47. The molecule has 0 spiro atoms. The monoisotopic (exact) mass is 364 g/mol. The Bertz CT molecular complexity index is 607. The van der Waals surface area contributed by atoms with Crippen molar-refractivity contribution in [2.45, 2.75) is 26.7 Å². The third-order valence-corrected chi connectivity index (χ3v) is 5.56. The van der Waals surface area contributed by atoms with Gasteiger partial charge in [0.15, 0.2) is 0 Å². The van der Waals surface area contributed by atoms with E-state index in [0.717, 1.165) is 12.8 Å². The van der Waals surface area contributed by atoms with Crippen molar-refractivity contribution < 1.29 is 12.8 Å². The van der Waals surface area contributed by atoms with Crippen LogP contribution in [-0.2, 0) is 10.2 Å². The van der Waals surface area contributed by atoms with Gasteiger partial charge in [-0.05, 0) is 59.3 Å². The van der Waals surface area contributed by atoms with Crippen molar-refractivity contribution in [3.63, 3.8) is 0 Å². The van der Waals surface area contributed by atoms with E-state index in [1.807, 2.05) is 6.92 Å². The first-order valence-electron chi connectivity index (χ1n) is 6.53. The molecule has 1 aliphatic rings. The van der Waals surface area contributed by atoms with Gasteiger partial charge in [0.1, 0.15) is 5.82 Å². The van der Waals surface area contributed by atoms with Gasteiger partial charge in [0.2, 0.25) is 0 Å². The molecule has 0 radical (unpaired) electrons. The highest BCUT2D eigenvalue weighted by molar-refractivity contribution is 9.10. The lowest BCUT2D eigenvalue weighted by atomic mass is 10.0. The molecule has 20 heavy (non-hydrogen) atoms. The number of nitrogens with zero attached hydrogens (tertiary/aromatic N) is 1. The number of aryl methyl sites for hydroxylation is 1. The molecule has 1 aliphatic heterocycles. The molecule has 0 saturated carbocycles. The fourth-order valence-electron chi connectivity index (χ4n) is 2.32. The average Bonchev–Trinajstić information content (AvgIpc) is 2.36. The summed E-state index contributed by atoms with van der Waals surface area (Å²) in [5.41, 5.74) is 0.954. The van der Waals surface area contributed by atoms with E-state index in [9.17, 15) is 12.8 Å². The van der Waals surface area contributed by atoms with Gasteiger partial charge in [0.25, 0.3) is 0 Å². The maximum atomic E-state index is 13.5. The van der Waals surface area contributed by atoms with Crippen LogP contribution in [0.2, 0.25) is 0 Å². The second kappa shape index (κ2) is 5.99. The zero-order valence-electron chi connectivity index (χ0n) is 11.5. The molecule has 1 heterocycles. The number of benzene rings is 1. The second-order valence-corrected chi connectivity index (χ2v) is 7.82. The molecule has 7 heteroatoms. The lowest BCUT2D eigenvalue weighted by molar-refractivity contribution is 0.282. The lowest BCUT2D eigenvalue weighted by Crippen LogP contribution is -2.42. The zero-order valence-corrected chi connectivity index (χ0v) is 13.9. The van der Waals surface area contributed by atoms with Crippen molar-refractivity contribution in [3.05, 3.63) is 28.0 Å². The van der Waals surface area contributed by atoms with Crippen LogP contribution in [0.5, 0.6) is 0 Å². The van der Waals surface area contributed by atoms with Gasteiger partial charge in [-0.25, -0.2) is 4.39 Å². The van der Waals surface area contributed by atoms with E-state index in [2.05, 4.69) is 20.7 Å². The highest BCUT2D eigenvalue weighted by Crippen LogP contribution is 2.26. The Balaban J connectivity index is 2.22. The summed E-state index contributed by atoms with van der Waals surface area (Å²) in [4.78, 5) is 0. The summed E-state index contributed by atoms with van der Waals surface area (Å²) in [6.07, 6.45) is 1.90. The molecule has 0 aliphatic carbocycles. The summed E-state index contributed by atoms with van der Waals surface area (Å²) in [6, 6.07) is 2.76. The Labute approximate surface area is 127 Å². The first-order valence-corrected chi connectivity index (χ1v) is 8.76. The standard InChI is InChI=1S/C13H18BrFN2O2S/c1-9-4-3-5-17(8-9)20(18,19)16-13-7-12(15)11(14)6-10(13)2/h6-7,9,16H,3-5,8H2,1-2H3. The van der Waals surface area contributed by atoms with E-state index in [4.69, 9.17) is 0 Å². The van der Waals surface area contributed by atoms with Gasteiger partial charge in [0.05, 0.1) is 10.2 Å². The zero-order chi connectivity index (χ0) is 14.9. The quantitative estimate of drug-likeness (QED) is 0.894. The minimum Gasteiger partial charge on any atom is -0.271 e. The van der Waals surface area contributed by atoms with Crippen LogP contribution in [-0.4, -0.2) is 25.8 Å². The van der Waals surface area contributed by atoms with Gasteiger partial charge >= 0.3 is 10.2 Å². The van der Waals surface area contributed by atoms with Gasteiger partial charge < -0.3 is 0 Å². The van der Waals surface area contributed by atoms with E-state index in [1.54, 1.807) is 13.0 Å². The molecule has 1 unspecified atom stereocenters. The van der Waals surface area contributed by atoms with Crippen molar-refractivity contribution in [1.29, 1.82) is 0 Å². The fourth-order valence-corrected chi connectivity index (χ4v) is 4.23. The fraction of sp³-hybridized carbons (Fsp3) is 0.538. The van der Waals surface area contributed by atoms with Gasteiger partial charge in [-0.3, -0.25) is 4.72 Å². The van der Waals surface area contributed by atoms with Crippen LogP contribution >= 0.6 is 15.9 Å². The summed E-state index contributed by atoms with van der Waals surface area (Å²) in [6.45, 7) is 4.79. The predicted octanol–water partition coefficient (Wildman–Crippen LogP) is 3.29. The van der Waals surface area contributed by atoms with Crippen LogP contribution in [0.15, 0.2) is 16.6 Å². The Kier molecular flexibility index (Phi) is 4.71. The molecule has 112 valence electrons. The second-order valence-electron chi connectivity index (χ2n) is 5.29. The van der Waals surface area contributed by atoms with Gasteiger partial charge in [-0.1, -0.05) is 6.92 Å². The van der Waals surface area contributed by atoms with Gasteiger partial charge in [-0.15, -0.1) is 0 Å². The van der Waals surface area contributed by atoms with Crippen LogP contribution in [0.1, 0.15) is 25.3 Å². The van der Waals surface area contributed by atoms with Crippen molar-refractivity contribution in [1.82, 2.24) is 4.31 Å². The van der Waals surface area contributed by atoms with Crippen LogP contribution in [0.4, 0.5) is 10.1 Å². The molecule has 0 amide bonds. The van der Waals surface area contributed by atoms with Crippen molar-refractivity contribution in [2.24, 2.45) is 5.92 Å². The number of halogens is 2. The average molecular weight is 365 g/mol. The summed E-state index contributed by atoms with van der Waals surface area (Å²) in [5, 5.41) is 0. The molecular formula is C13H18BrFN2O2S. The molecule has 0 aromatic heterocycles. The van der Waals surface area contributed by atoms with E-state index < -0.39 is 16.0 Å². The Morgan fingerprint density at radius 2 is 2.15 bits per heavy atom. The number of nitrogens with one attached hydrogen (secondary N) is 1. The minimum atomic E-state index is -3.62. The van der Waals surface area contributed by atoms with Crippen molar-refractivity contribution >= 4 is 31.8 Å². The number of piperidine rings is 1. The summed E-state index contributed by atoms with van der Waals surface area (Å²) >= 11 is 3.08. The van der Waals surface area contributed by atoms with E-state index in [-0.39, 0.29) is 5.69 Å². The summed E-state index contributed by atoms with van der Waals surface area (Å²) < 4.78 is 42.4. The number of hydrogen-bond donors (Lipinski definition) is 1. The maximum absolute atomic E-state index is 13.5. The van der Waals surface area contributed by atoms with Crippen LogP contribution < -0.4 is 4.72 Å². The van der Waals surface area contributed by atoms with Crippen LogP contribution in [0.25, 0.3) is 0 Å². The minimum absolute atomic E-state index is 0.281. The molecule has 1 aromatic rings. The first-order chi connectivity index (χ1) is 9.29. The molecule has 1 N–H and O–H groups in total. The van der Waals surface area contributed by atoms with Gasteiger partial charge in [-0.2, -0.15) is 12.7 Å². The normalized spacial score (nSPS) is 20.9. The highest BCUT2D eigenvalue weighted by Gasteiger charge is 2.27. The van der Waals surface area contributed by atoms with E-state index in [1.165, 1.54) is 10.4 Å². The molecule has 1 saturated heterocycles. The molecule has 2 rings (SSSR count). The maximum Gasteiger partial charge on any atom is 0.301 e. The largest absolute Gasteiger partial charge is 0.301 e. The first kappa shape index (κ1) is 15.7. The van der Waals surface area contributed by atoms with Crippen LogP contribution in [0.3, 0.4) is 0 Å². The number of rotatable bonds is 3. The Morgan fingerprint density at radius 3 is 2.80 bits per heavy atom. The lowest BCUT2D eigenvalue weighted by Gasteiger charge is -2.30. The van der Waals surface area contributed by atoms with Crippen molar-refractivity contribution in [3.8, 4) is 0 Å². The summed E-state index contributed by atoms with van der Waals surface area (Å²) in [5.74, 6) is -0.136. The molecule has 4 nitrogen and oxygen atoms in total. The summed E-state index contributed by atoms with van der Waals surface area (Å²) in [7, 11) is -3.62. The topological polar surface area (TPSA) is 49.4 Å². The number of anilines is 1. The van der Waals surface area contributed by atoms with Crippen molar-refractivity contribution in [2.75, 3.05) is 17.8 Å². The highest BCUT2D eigenvalue weighted by atomic mass is 79.9. The molecule has 1 aromatic carbocycles. The predicted molar refractivity (Wildman–Crippen MR) is 81.4 cm³/mol. The smallest absolute Gasteiger partial charge is 0.271 e. The van der Waals surface area contributed by atoms with E-state index in [0.29, 0.717) is 29.0 Å².